The monoisotopic (exact) mass is 315 g/mol. The lowest BCUT2D eigenvalue weighted by atomic mass is 10.2. The standard InChI is InChI=1S/C10H6INOS/c11-8-3-1-7(2-4-8)10-12-5-9(6-13)14-10/h1-6H. The van der Waals surface area contributed by atoms with E-state index in [1.165, 1.54) is 14.9 Å². The van der Waals surface area contributed by atoms with Crippen molar-refractivity contribution in [3.8, 4) is 10.6 Å². The molecule has 2 aromatic rings. The number of rotatable bonds is 2. The lowest BCUT2D eigenvalue weighted by Gasteiger charge is -1.94. The van der Waals surface area contributed by atoms with Crippen LogP contribution in [0.1, 0.15) is 9.67 Å². The third kappa shape index (κ3) is 2.01. The largest absolute Gasteiger partial charge is 0.297 e. The van der Waals surface area contributed by atoms with Crippen molar-refractivity contribution in [1.29, 1.82) is 0 Å². The van der Waals surface area contributed by atoms with Crippen LogP contribution >= 0.6 is 33.9 Å². The summed E-state index contributed by atoms with van der Waals surface area (Å²) in [5, 5.41) is 0.892. The van der Waals surface area contributed by atoms with Gasteiger partial charge in [-0.3, -0.25) is 4.79 Å². The molecule has 0 atom stereocenters. The second-order valence-electron chi connectivity index (χ2n) is 2.69. The number of benzene rings is 1. The molecule has 0 aliphatic heterocycles. The van der Waals surface area contributed by atoms with Crippen molar-refractivity contribution in [2.45, 2.75) is 0 Å². The topological polar surface area (TPSA) is 30.0 Å². The minimum atomic E-state index is 0.665. The molecule has 0 radical (unpaired) electrons. The number of carbonyl (C=O) groups is 1. The van der Waals surface area contributed by atoms with Gasteiger partial charge in [0.15, 0.2) is 6.29 Å². The predicted octanol–water partition coefficient (Wildman–Crippen LogP) is 3.23. The van der Waals surface area contributed by atoms with Crippen molar-refractivity contribution in [2.75, 3.05) is 0 Å². The molecule has 2 rings (SSSR count). The molecule has 1 aromatic heterocycles. The van der Waals surface area contributed by atoms with Gasteiger partial charge in [0.1, 0.15) is 5.01 Å². The summed E-state index contributed by atoms with van der Waals surface area (Å²) in [6, 6.07) is 8.07. The molecule has 0 saturated carbocycles. The second kappa shape index (κ2) is 4.18. The molecule has 70 valence electrons. The van der Waals surface area contributed by atoms with E-state index in [4.69, 9.17) is 0 Å². The molecule has 4 heteroatoms. The van der Waals surface area contributed by atoms with Gasteiger partial charge in [-0.1, -0.05) is 12.1 Å². The number of carbonyl (C=O) groups excluding carboxylic acids is 1. The molecule has 0 saturated heterocycles. The minimum absolute atomic E-state index is 0.665. The van der Waals surface area contributed by atoms with Gasteiger partial charge in [-0.05, 0) is 34.7 Å². The Hall–Kier alpha value is -0.750. The number of nitrogens with zero attached hydrogens (tertiary/aromatic N) is 1. The van der Waals surface area contributed by atoms with Gasteiger partial charge in [0.25, 0.3) is 0 Å². The summed E-state index contributed by atoms with van der Waals surface area (Å²) in [6.07, 6.45) is 2.43. The third-order valence-corrected chi connectivity index (χ3v) is 3.42. The van der Waals surface area contributed by atoms with Crippen molar-refractivity contribution in [2.24, 2.45) is 0 Å². The minimum Gasteiger partial charge on any atom is -0.297 e. The van der Waals surface area contributed by atoms with E-state index >= 15 is 0 Å². The molecule has 0 amide bonds. The third-order valence-electron chi connectivity index (χ3n) is 1.73. The molecule has 0 unspecified atom stereocenters. The van der Waals surface area contributed by atoms with Crippen LogP contribution in [0.25, 0.3) is 10.6 Å². The van der Waals surface area contributed by atoms with Gasteiger partial charge in [-0.2, -0.15) is 0 Å². The summed E-state index contributed by atoms with van der Waals surface area (Å²) < 4.78 is 1.19. The Kier molecular flexibility index (Phi) is 2.93. The van der Waals surface area contributed by atoms with Crippen molar-refractivity contribution >= 4 is 40.2 Å². The lowest BCUT2D eigenvalue weighted by molar-refractivity contribution is 0.112. The summed E-state index contributed by atoms with van der Waals surface area (Å²) >= 11 is 3.67. The zero-order chi connectivity index (χ0) is 9.97. The van der Waals surface area contributed by atoms with Crippen molar-refractivity contribution in [3.05, 3.63) is 38.9 Å². The Bertz CT molecular complexity index is 449. The maximum atomic E-state index is 10.5. The Morgan fingerprint density at radius 1 is 1.29 bits per heavy atom. The van der Waals surface area contributed by atoms with Gasteiger partial charge >= 0.3 is 0 Å². The van der Waals surface area contributed by atoms with Gasteiger partial charge in [-0.15, -0.1) is 11.3 Å². The fourth-order valence-corrected chi connectivity index (χ4v) is 2.16. The summed E-state index contributed by atoms with van der Waals surface area (Å²) in [5.74, 6) is 0. The Balaban J connectivity index is 2.39. The number of halogens is 1. The van der Waals surface area contributed by atoms with E-state index in [0.29, 0.717) is 4.88 Å². The van der Waals surface area contributed by atoms with Crippen molar-refractivity contribution in [1.82, 2.24) is 4.98 Å². The number of thiazole rings is 1. The van der Waals surface area contributed by atoms with Gasteiger partial charge in [0.05, 0.1) is 4.88 Å². The number of hydrogen-bond donors (Lipinski definition) is 0. The van der Waals surface area contributed by atoms with E-state index in [9.17, 15) is 4.79 Å². The van der Waals surface area contributed by atoms with Crippen molar-refractivity contribution in [3.63, 3.8) is 0 Å². The van der Waals surface area contributed by atoms with E-state index in [1.807, 2.05) is 24.3 Å². The molecule has 0 aliphatic carbocycles. The zero-order valence-corrected chi connectivity index (χ0v) is 10.1. The SMILES string of the molecule is O=Cc1cnc(-c2ccc(I)cc2)s1. The van der Waals surface area contributed by atoms with Crippen LogP contribution in [0.15, 0.2) is 30.5 Å². The highest BCUT2D eigenvalue weighted by molar-refractivity contribution is 14.1. The number of hydrogen-bond acceptors (Lipinski definition) is 3. The van der Waals surface area contributed by atoms with Crippen LogP contribution in [-0.4, -0.2) is 11.3 Å². The summed E-state index contributed by atoms with van der Waals surface area (Å²) in [5.41, 5.74) is 1.06. The van der Waals surface area contributed by atoms with E-state index in [0.717, 1.165) is 16.9 Å². The molecule has 2 nitrogen and oxygen atoms in total. The average molecular weight is 315 g/mol. The Labute approximate surface area is 99.1 Å². The van der Waals surface area contributed by atoms with Gasteiger partial charge < -0.3 is 0 Å². The Morgan fingerprint density at radius 3 is 2.57 bits per heavy atom. The summed E-state index contributed by atoms with van der Waals surface area (Å²) in [6.45, 7) is 0. The van der Waals surface area contributed by atoms with Crippen molar-refractivity contribution < 1.29 is 4.79 Å². The van der Waals surface area contributed by atoms with E-state index in [-0.39, 0.29) is 0 Å². The van der Waals surface area contributed by atoms with Gasteiger partial charge in [0, 0.05) is 15.3 Å². The first-order valence-electron chi connectivity index (χ1n) is 3.96. The quantitative estimate of drug-likeness (QED) is 0.629. The smallest absolute Gasteiger partial charge is 0.161 e. The van der Waals surface area contributed by atoms with E-state index in [2.05, 4.69) is 27.6 Å². The highest BCUT2D eigenvalue weighted by atomic mass is 127. The first-order chi connectivity index (χ1) is 6.79. The van der Waals surface area contributed by atoms with Crippen LogP contribution in [0.2, 0.25) is 0 Å². The van der Waals surface area contributed by atoms with Crippen LogP contribution in [0.5, 0.6) is 0 Å². The Morgan fingerprint density at radius 2 is 2.00 bits per heavy atom. The summed E-state index contributed by atoms with van der Waals surface area (Å²) in [7, 11) is 0. The normalized spacial score (nSPS) is 10.1. The molecular weight excluding hydrogens is 309 g/mol. The fourth-order valence-electron chi connectivity index (χ4n) is 1.07. The van der Waals surface area contributed by atoms with Crippen LogP contribution in [0.3, 0.4) is 0 Å². The van der Waals surface area contributed by atoms with Crippen LogP contribution in [-0.2, 0) is 0 Å². The van der Waals surface area contributed by atoms with E-state index in [1.54, 1.807) is 6.20 Å². The molecule has 0 bridgehead atoms. The number of aromatic nitrogens is 1. The van der Waals surface area contributed by atoms with Crippen LogP contribution in [0.4, 0.5) is 0 Å². The molecule has 0 N–H and O–H groups in total. The maximum absolute atomic E-state index is 10.5. The fraction of sp³-hybridized carbons (Fsp3) is 0. The molecule has 0 spiro atoms. The number of aldehydes is 1. The zero-order valence-electron chi connectivity index (χ0n) is 7.11. The predicted molar refractivity (Wildman–Crippen MR) is 65.7 cm³/mol. The maximum Gasteiger partial charge on any atom is 0.161 e. The van der Waals surface area contributed by atoms with Gasteiger partial charge in [-0.25, -0.2) is 4.98 Å². The lowest BCUT2D eigenvalue weighted by Crippen LogP contribution is -1.75. The molecule has 0 aliphatic rings. The molecule has 0 fully saturated rings. The van der Waals surface area contributed by atoms with Crippen LogP contribution < -0.4 is 0 Å². The van der Waals surface area contributed by atoms with E-state index < -0.39 is 0 Å². The second-order valence-corrected chi connectivity index (χ2v) is 5.00. The molecule has 1 aromatic carbocycles. The molecule has 14 heavy (non-hydrogen) atoms. The first kappa shape index (κ1) is 9.79. The first-order valence-corrected chi connectivity index (χ1v) is 5.86. The highest BCUT2D eigenvalue weighted by Crippen LogP contribution is 2.24. The summed E-state index contributed by atoms with van der Waals surface area (Å²) in [4.78, 5) is 15.3. The average Bonchev–Trinajstić information content (AvgIpc) is 2.67. The molecule has 1 heterocycles. The highest BCUT2D eigenvalue weighted by Gasteiger charge is 2.03. The van der Waals surface area contributed by atoms with Crippen LogP contribution in [0, 0.1) is 3.57 Å². The van der Waals surface area contributed by atoms with Gasteiger partial charge in [0.2, 0.25) is 0 Å². The molecular formula is C10H6INOS.